The van der Waals surface area contributed by atoms with Gasteiger partial charge in [-0.25, -0.2) is 4.39 Å². The van der Waals surface area contributed by atoms with Gasteiger partial charge in [0.25, 0.3) is 0 Å². The lowest BCUT2D eigenvalue weighted by Gasteiger charge is -2.41. The van der Waals surface area contributed by atoms with Crippen molar-refractivity contribution in [2.75, 3.05) is 44.2 Å². The first kappa shape index (κ1) is 30.6. The van der Waals surface area contributed by atoms with Crippen molar-refractivity contribution >= 4 is 33.5 Å². The lowest BCUT2D eigenvalue weighted by atomic mass is 9.94. The highest BCUT2D eigenvalue weighted by Crippen LogP contribution is 2.46. The normalized spacial score (nSPS) is 24.2. The van der Waals surface area contributed by atoms with Crippen molar-refractivity contribution in [2.24, 2.45) is 0 Å². The number of aromatic amines is 1. The summed E-state index contributed by atoms with van der Waals surface area (Å²) < 4.78 is 27.8. The number of carbonyl (C=O) groups excluding carboxylic acids is 1. The van der Waals surface area contributed by atoms with E-state index in [4.69, 9.17) is 19.4 Å². The fraction of sp³-hybridized carbons (Fsp3) is 0.472. The van der Waals surface area contributed by atoms with Gasteiger partial charge in [-0.05, 0) is 74.6 Å². The number of aromatic nitrogens is 4. The molecule has 1 aliphatic carbocycles. The van der Waals surface area contributed by atoms with Crippen molar-refractivity contribution < 1.29 is 18.7 Å². The van der Waals surface area contributed by atoms with Crippen LogP contribution in [0.15, 0.2) is 43.1 Å². The van der Waals surface area contributed by atoms with Gasteiger partial charge in [0.2, 0.25) is 5.91 Å². The Morgan fingerprint density at radius 1 is 1.19 bits per heavy atom. The average molecular weight is 651 g/mol. The highest BCUT2D eigenvalue weighted by molar-refractivity contribution is 6.04. The van der Waals surface area contributed by atoms with Crippen LogP contribution in [0.1, 0.15) is 44.1 Å². The molecule has 11 nitrogen and oxygen atoms in total. The number of fused-ring (bicyclic) bond motifs is 3. The Hall–Kier alpha value is -4.76. The molecule has 4 fully saturated rings. The minimum atomic E-state index is -0.872. The number of piperazine rings is 1. The molecule has 0 unspecified atom stereocenters. The molecule has 5 heterocycles. The van der Waals surface area contributed by atoms with E-state index in [1.54, 1.807) is 4.90 Å². The summed E-state index contributed by atoms with van der Waals surface area (Å²) in [5.74, 6) is 1.13. The van der Waals surface area contributed by atoms with Crippen LogP contribution in [0.5, 0.6) is 11.8 Å². The summed E-state index contributed by atoms with van der Waals surface area (Å²) in [5, 5.41) is 18.8. The molecule has 1 amide bonds. The van der Waals surface area contributed by atoms with E-state index in [0.29, 0.717) is 56.3 Å². The predicted molar refractivity (Wildman–Crippen MR) is 180 cm³/mol. The highest BCUT2D eigenvalue weighted by atomic mass is 19.1. The monoisotopic (exact) mass is 650 g/mol. The van der Waals surface area contributed by atoms with E-state index in [1.165, 1.54) is 6.08 Å². The van der Waals surface area contributed by atoms with Crippen LogP contribution in [0.25, 0.3) is 32.9 Å². The van der Waals surface area contributed by atoms with E-state index in [2.05, 4.69) is 51.7 Å². The first-order valence-corrected chi connectivity index (χ1v) is 16.9. The Morgan fingerprint density at radius 2 is 2.06 bits per heavy atom. The van der Waals surface area contributed by atoms with Crippen LogP contribution in [0.3, 0.4) is 0 Å². The molecular weight excluding hydrogens is 611 g/mol. The number of nitriles is 1. The van der Waals surface area contributed by atoms with Crippen LogP contribution in [0.2, 0.25) is 0 Å². The second-order valence-corrected chi connectivity index (χ2v) is 13.6. The van der Waals surface area contributed by atoms with Gasteiger partial charge < -0.3 is 19.3 Å². The van der Waals surface area contributed by atoms with Crippen molar-refractivity contribution in [1.29, 1.82) is 5.26 Å². The summed E-state index contributed by atoms with van der Waals surface area (Å²) in [7, 11) is 0. The van der Waals surface area contributed by atoms with Gasteiger partial charge >= 0.3 is 6.01 Å². The van der Waals surface area contributed by atoms with Gasteiger partial charge in [-0.15, -0.1) is 0 Å². The zero-order chi connectivity index (χ0) is 33.0. The quantitative estimate of drug-likeness (QED) is 0.247. The number of nitrogens with one attached hydrogen (secondary N) is 1. The van der Waals surface area contributed by atoms with Crippen LogP contribution in [0, 0.1) is 18.3 Å². The van der Waals surface area contributed by atoms with Crippen molar-refractivity contribution in [3.05, 3.63) is 48.7 Å². The fourth-order valence-electron chi connectivity index (χ4n) is 7.98. The van der Waals surface area contributed by atoms with Gasteiger partial charge in [0.15, 0.2) is 5.75 Å². The van der Waals surface area contributed by atoms with E-state index in [0.717, 1.165) is 65.2 Å². The molecule has 3 aliphatic heterocycles. The van der Waals surface area contributed by atoms with Crippen LogP contribution in [0.4, 0.5) is 10.2 Å². The number of hydrogen-bond acceptors (Lipinski definition) is 9. The summed E-state index contributed by atoms with van der Waals surface area (Å²) in [6.45, 7) is 8.67. The Kier molecular flexibility index (Phi) is 7.67. The number of H-pyrrole nitrogens is 1. The first-order chi connectivity index (χ1) is 23.4. The van der Waals surface area contributed by atoms with Gasteiger partial charge in [0, 0.05) is 48.9 Å². The number of rotatable bonds is 9. The SMILES string of the molecule is C=CC(=O)N1CCN(c2nc(OC[C@@]34CCCN3C[C@H](F)C4)nc3c(OC4CC4)c(-c4c(C)ccc5[nH]ncc45)ccc23)C[C@@H]1CC#N. The summed E-state index contributed by atoms with van der Waals surface area (Å²) in [6.07, 6.45) is 6.78. The minimum Gasteiger partial charge on any atom is -0.487 e. The van der Waals surface area contributed by atoms with E-state index in [1.807, 2.05) is 18.3 Å². The number of nitrogens with zero attached hydrogens (tertiary/aromatic N) is 7. The topological polar surface area (TPSA) is 124 Å². The summed E-state index contributed by atoms with van der Waals surface area (Å²) in [5.41, 5.74) is 4.22. The molecule has 2 aromatic carbocycles. The van der Waals surface area contributed by atoms with Gasteiger partial charge in [-0.3, -0.25) is 14.8 Å². The van der Waals surface area contributed by atoms with Crippen LogP contribution in [-0.4, -0.2) is 99.1 Å². The third-order valence-corrected chi connectivity index (χ3v) is 10.5. The van der Waals surface area contributed by atoms with Crippen molar-refractivity contribution in [3.8, 4) is 29.0 Å². The molecule has 0 bridgehead atoms. The Bertz CT molecular complexity index is 1950. The standard InChI is InChI=1S/C36H39FN8O3/c1-3-30(46)45-16-15-43(20-24(45)11-13-38)34-27-9-8-26(31-22(2)5-10-29-28(31)18-39-42-29)33(48-25-6-7-25)32(27)40-35(41-34)47-21-36-12-4-14-44(36)19-23(37)17-36/h3,5,8-10,18,23-25H,1,4,6-7,11-12,14-17,19-21H2,2H3,(H,39,42)/t23-,24+,36+/m1/s1. The first-order valence-electron chi connectivity index (χ1n) is 16.9. The van der Waals surface area contributed by atoms with Crippen molar-refractivity contribution in [2.45, 2.75) is 69.3 Å². The maximum absolute atomic E-state index is 14.6. The Balaban J connectivity index is 1.27. The van der Waals surface area contributed by atoms with Crippen molar-refractivity contribution in [3.63, 3.8) is 0 Å². The molecule has 12 heteroatoms. The molecule has 0 spiro atoms. The zero-order valence-electron chi connectivity index (χ0n) is 27.1. The predicted octanol–water partition coefficient (Wildman–Crippen LogP) is 5.09. The van der Waals surface area contributed by atoms with Gasteiger partial charge in [-0.2, -0.15) is 20.3 Å². The molecule has 3 atom stereocenters. The molecule has 1 N–H and O–H groups in total. The van der Waals surface area contributed by atoms with Crippen molar-refractivity contribution in [1.82, 2.24) is 30.0 Å². The summed E-state index contributed by atoms with van der Waals surface area (Å²) >= 11 is 0. The molecular formula is C36H39FN8O3. The molecule has 0 radical (unpaired) electrons. The number of carbonyl (C=O) groups is 1. The molecule has 3 saturated heterocycles. The van der Waals surface area contributed by atoms with E-state index >= 15 is 0 Å². The molecule has 2 aromatic heterocycles. The van der Waals surface area contributed by atoms with Crippen LogP contribution in [-0.2, 0) is 4.79 Å². The number of amides is 1. The molecule has 248 valence electrons. The number of halogens is 1. The maximum Gasteiger partial charge on any atom is 0.319 e. The second kappa shape index (κ2) is 12.0. The Morgan fingerprint density at radius 3 is 2.88 bits per heavy atom. The number of alkyl halides is 1. The van der Waals surface area contributed by atoms with Gasteiger partial charge in [-0.1, -0.05) is 12.6 Å². The van der Waals surface area contributed by atoms with Crippen LogP contribution < -0.4 is 14.4 Å². The van der Waals surface area contributed by atoms with Crippen LogP contribution >= 0.6 is 0 Å². The number of ether oxygens (including phenoxy) is 2. The zero-order valence-corrected chi connectivity index (χ0v) is 27.1. The largest absolute Gasteiger partial charge is 0.487 e. The number of hydrogen-bond donors (Lipinski definition) is 1. The fourth-order valence-corrected chi connectivity index (χ4v) is 7.98. The summed E-state index contributed by atoms with van der Waals surface area (Å²) in [4.78, 5) is 28.8. The van der Waals surface area contributed by atoms with Gasteiger partial charge in [0.05, 0.1) is 41.9 Å². The van der Waals surface area contributed by atoms with Gasteiger partial charge in [0.1, 0.15) is 24.1 Å². The molecule has 48 heavy (non-hydrogen) atoms. The lowest BCUT2D eigenvalue weighted by molar-refractivity contribution is -0.128. The third kappa shape index (κ3) is 5.30. The third-order valence-electron chi connectivity index (χ3n) is 10.5. The second-order valence-electron chi connectivity index (χ2n) is 13.6. The van der Waals surface area contributed by atoms with E-state index in [-0.39, 0.29) is 36.0 Å². The number of benzene rings is 2. The highest BCUT2D eigenvalue weighted by Gasteiger charge is 2.49. The minimum absolute atomic E-state index is 0.0837. The molecule has 4 aromatic rings. The maximum atomic E-state index is 14.6. The van der Waals surface area contributed by atoms with E-state index in [9.17, 15) is 14.4 Å². The Labute approximate surface area is 278 Å². The molecule has 1 saturated carbocycles. The smallest absolute Gasteiger partial charge is 0.319 e. The number of anilines is 1. The summed E-state index contributed by atoms with van der Waals surface area (Å²) in [6, 6.07) is 10.3. The van der Waals surface area contributed by atoms with E-state index < -0.39 is 6.17 Å². The lowest BCUT2D eigenvalue weighted by Crippen LogP contribution is -2.55. The average Bonchev–Trinajstić information content (AvgIpc) is 3.48. The molecule has 8 rings (SSSR count). The number of aryl methyl sites for hydroxylation is 1. The molecule has 4 aliphatic rings.